The number of nitrogens with one attached hydrogen (secondary N) is 3. The first kappa shape index (κ1) is 30.9. The third-order valence-electron chi connectivity index (χ3n) is 5.38. The van der Waals surface area contributed by atoms with Crippen LogP contribution in [0.3, 0.4) is 0 Å². The largest absolute Gasteiger partial charge is 0.467 e. The second-order valence-corrected chi connectivity index (χ2v) is 10.3. The van der Waals surface area contributed by atoms with Crippen molar-refractivity contribution in [3.8, 4) is 0 Å². The van der Waals surface area contributed by atoms with Gasteiger partial charge in [0.2, 0.25) is 11.8 Å². The van der Waals surface area contributed by atoms with Gasteiger partial charge in [0.1, 0.15) is 24.7 Å². The van der Waals surface area contributed by atoms with Gasteiger partial charge in [-0.3, -0.25) is 9.59 Å². The molecule has 0 aliphatic heterocycles. The van der Waals surface area contributed by atoms with Gasteiger partial charge in [0.15, 0.2) is 0 Å². The Morgan fingerprint density at radius 3 is 1.61 bits per heavy atom. The SMILES string of the molecule is COC(=O)C(CC(C)C)NC(=O)C(CC(C)C)NC(=O)C(CC(C)C)NC(=O)OCc1ccccc1. The molecular weight excluding hydrogens is 462 g/mol. The van der Waals surface area contributed by atoms with Gasteiger partial charge in [-0.2, -0.15) is 0 Å². The van der Waals surface area contributed by atoms with Gasteiger partial charge in [-0.05, 0) is 42.6 Å². The van der Waals surface area contributed by atoms with E-state index in [0.29, 0.717) is 19.3 Å². The normalized spacial score (nSPS) is 13.6. The first-order valence-corrected chi connectivity index (χ1v) is 12.6. The molecule has 1 aromatic rings. The molecule has 9 nitrogen and oxygen atoms in total. The highest BCUT2D eigenvalue weighted by Crippen LogP contribution is 2.12. The van der Waals surface area contributed by atoms with Crippen LogP contribution < -0.4 is 16.0 Å². The summed E-state index contributed by atoms with van der Waals surface area (Å²) in [6.45, 7) is 11.7. The molecular formula is C27H43N3O6. The second kappa shape index (κ2) is 15.8. The average molecular weight is 506 g/mol. The molecule has 36 heavy (non-hydrogen) atoms. The Kier molecular flexibility index (Phi) is 13.6. The van der Waals surface area contributed by atoms with Gasteiger partial charge in [0.05, 0.1) is 7.11 Å². The molecule has 0 fully saturated rings. The Morgan fingerprint density at radius 2 is 1.14 bits per heavy atom. The van der Waals surface area contributed by atoms with Crippen molar-refractivity contribution in [1.82, 2.24) is 16.0 Å². The molecule has 0 heterocycles. The van der Waals surface area contributed by atoms with Crippen molar-refractivity contribution in [2.75, 3.05) is 7.11 Å². The van der Waals surface area contributed by atoms with E-state index in [1.807, 2.05) is 71.9 Å². The number of amides is 3. The van der Waals surface area contributed by atoms with Crippen LogP contribution in [0.25, 0.3) is 0 Å². The predicted molar refractivity (Wildman–Crippen MR) is 138 cm³/mol. The third-order valence-corrected chi connectivity index (χ3v) is 5.38. The molecule has 0 saturated carbocycles. The minimum atomic E-state index is -0.886. The van der Waals surface area contributed by atoms with Crippen LogP contribution in [0.1, 0.15) is 66.4 Å². The number of benzene rings is 1. The molecule has 3 atom stereocenters. The van der Waals surface area contributed by atoms with Crippen LogP contribution in [-0.2, 0) is 30.5 Å². The van der Waals surface area contributed by atoms with Crippen molar-refractivity contribution in [3.05, 3.63) is 35.9 Å². The quantitative estimate of drug-likeness (QED) is 0.332. The van der Waals surface area contributed by atoms with Crippen LogP contribution in [0.15, 0.2) is 30.3 Å². The Bertz CT molecular complexity index is 841. The van der Waals surface area contributed by atoms with Gasteiger partial charge in [-0.1, -0.05) is 71.9 Å². The molecule has 1 aromatic carbocycles. The topological polar surface area (TPSA) is 123 Å². The number of hydrogen-bond acceptors (Lipinski definition) is 6. The zero-order valence-corrected chi connectivity index (χ0v) is 22.6. The summed E-state index contributed by atoms with van der Waals surface area (Å²) in [6, 6.07) is 6.65. The summed E-state index contributed by atoms with van der Waals surface area (Å²) >= 11 is 0. The molecule has 0 aliphatic rings. The number of carbonyl (C=O) groups is 4. The molecule has 9 heteroatoms. The van der Waals surface area contributed by atoms with Crippen molar-refractivity contribution in [1.29, 1.82) is 0 Å². The Hall–Kier alpha value is -3.10. The predicted octanol–water partition coefficient (Wildman–Crippen LogP) is 3.56. The number of hydrogen-bond donors (Lipinski definition) is 3. The van der Waals surface area contributed by atoms with E-state index in [1.165, 1.54) is 7.11 Å². The standard InChI is InChI=1S/C27H43N3O6/c1-17(2)13-21(24(31)29-23(15-19(5)6)26(33)35-7)28-25(32)22(14-18(3)4)30-27(34)36-16-20-11-9-8-10-12-20/h8-12,17-19,21-23H,13-16H2,1-7H3,(H,28,32)(H,29,31)(H,30,34). The lowest BCUT2D eigenvalue weighted by Gasteiger charge is -2.26. The number of ether oxygens (including phenoxy) is 2. The minimum Gasteiger partial charge on any atom is -0.467 e. The van der Waals surface area contributed by atoms with Crippen molar-refractivity contribution in [2.45, 2.75) is 85.5 Å². The molecule has 3 unspecified atom stereocenters. The van der Waals surface area contributed by atoms with E-state index in [0.717, 1.165) is 5.56 Å². The summed E-state index contributed by atoms with van der Waals surface area (Å²) in [7, 11) is 1.27. The number of carbonyl (C=O) groups excluding carboxylic acids is 4. The number of esters is 1. The summed E-state index contributed by atoms with van der Waals surface area (Å²) in [4.78, 5) is 50.9. The molecule has 0 bridgehead atoms. The van der Waals surface area contributed by atoms with Gasteiger partial charge in [0, 0.05) is 0 Å². The lowest BCUT2D eigenvalue weighted by molar-refractivity contribution is -0.146. The van der Waals surface area contributed by atoms with Crippen molar-refractivity contribution in [3.63, 3.8) is 0 Å². The number of alkyl carbamates (subject to hydrolysis) is 1. The maximum Gasteiger partial charge on any atom is 0.408 e. The first-order valence-electron chi connectivity index (χ1n) is 12.6. The fraction of sp³-hybridized carbons (Fsp3) is 0.630. The van der Waals surface area contributed by atoms with Gasteiger partial charge >= 0.3 is 12.1 Å². The van der Waals surface area contributed by atoms with E-state index in [4.69, 9.17) is 9.47 Å². The van der Waals surface area contributed by atoms with Crippen molar-refractivity contribution < 1.29 is 28.7 Å². The van der Waals surface area contributed by atoms with Crippen LogP contribution in [0.5, 0.6) is 0 Å². The zero-order chi connectivity index (χ0) is 27.3. The molecule has 1 rings (SSSR count). The maximum absolute atomic E-state index is 13.2. The molecule has 202 valence electrons. The Balaban J connectivity index is 2.91. The monoisotopic (exact) mass is 505 g/mol. The van der Waals surface area contributed by atoms with Gasteiger partial charge < -0.3 is 25.4 Å². The molecule has 3 amide bonds. The maximum atomic E-state index is 13.2. The van der Waals surface area contributed by atoms with Crippen molar-refractivity contribution in [2.24, 2.45) is 17.8 Å². The lowest BCUT2D eigenvalue weighted by Crippen LogP contribution is -2.56. The molecule has 0 spiro atoms. The summed E-state index contributed by atoms with van der Waals surface area (Å²) < 4.78 is 10.1. The van der Waals surface area contributed by atoms with Gasteiger partial charge in [-0.25, -0.2) is 9.59 Å². The molecule has 3 N–H and O–H groups in total. The third kappa shape index (κ3) is 12.0. The van der Waals surface area contributed by atoms with Crippen molar-refractivity contribution >= 4 is 23.9 Å². The van der Waals surface area contributed by atoms with E-state index in [-0.39, 0.29) is 24.4 Å². The van der Waals surface area contributed by atoms with Crippen LogP contribution in [-0.4, -0.2) is 49.1 Å². The fourth-order valence-electron chi connectivity index (χ4n) is 3.69. The number of methoxy groups -OCH3 is 1. The van der Waals surface area contributed by atoms with E-state index in [9.17, 15) is 19.2 Å². The van der Waals surface area contributed by atoms with E-state index < -0.39 is 42.0 Å². The highest BCUT2D eigenvalue weighted by atomic mass is 16.5. The van der Waals surface area contributed by atoms with Crippen LogP contribution in [0.4, 0.5) is 4.79 Å². The summed E-state index contributed by atoms with van der Waals surface area (Å²) in [5.74, 6) is -1.15. The second-order valence-electron chi connectivity index (χ2n) is 10.3. The smallest absolute Gasteiger partial charge is 0.408 e. The fourth-order valence-corrected chi connectivity index (χ4v) is 3.69. The van der Waals surface area contributed by atoms with E-state index in [1.54, 1.807) is 0 Å². The number of rotatable bonds is 14. The minimum absolute atomic E-state index is 0.0752. The summed E-state index contributed by atoms with van der Waals surface area (Å²) in [5, 5.41) is 8.13. The molecule has 0 saturated heterocycles. The van der Waals surface area contributed by atoms with Crippen LogP contribution in [0.2, 0.25) is 0 Å². The summed E-state index contributed by atoms with van der Waals surface area (Å²) in [5.41, 5.74) is 0.827. The average Bonchev–Trinajstić information content (AvgIpc) is 2.80. The summed E-state index contributed by atoms with van der Waals surface area (Å²) in [6.07, 6.45) is 0.415. The molecule has 0 aliphatic carbocycles. The van der Waals surface area contributed by atoms with E-state index >= 15 is 0 Å². The van der Waals surface area contributed by atoms with E-state index in [2.05, 4.69) is 16.0 Å². The highest BCUT2D eigenvalue weighted by Gasteiger charge is 2.31. The Labute approximate surface area is 215 Å². The van der Waals surface area contributed by atoms with Crippen LogP contribution in [0, 0.1) is 17.8 Å². The van der Waals surface area contributed by atoms with Gasteiger partial charge in [-0.15, -0.1) is 0 Å². The molecule has 0 aromatic heterocycles. The Morgan fingerprint density at radius 1 is 0.694 bits per heavy atom. The first-order chi connectivity index (χ1) is 16.9. The zero-order valence-electron chi connectivity index (χ0n) is 22.6. The lowest BCUT2D eigenvalue weighted by atomic mass is 9.99. The molecule has 0 radical (unpaired) electrons. The van der Waals surface area contributed by atoms with Gasteiger partial charge in [0.25, 0.3) is 0 Å². The van der Waals surface area contributed by atoms with Crippen LogP contribution >= 0.6 is 0 Å². The highest BCUT2D eigenvalue weighted by molar-refractivity contribution is 5.93.